The summed E-state index contributed by atoms with van der Waals surface area (Å²) in [5.74, 6) is -0.745. The molecule has 1 amide bonds. The number of ether oxygens (including phenoxy) is 1. The van der Waals surface area contributed by atoms with Gasteiger partial charge in [-0.25, -0.2) is 4.79 Å². The highest BCUT2D eigenvalue weighted by atomic mass is 16.5. The first-order chi connectivity index (χ1) is 10.7. The molecule has 5 heteroatoms. The van der Waals surface area contributed by atoms with Gasteiger partial charge in [-0.15, -0.1) is 0 Å². The van der Waals surface area contributed by atoms with Crippen molar-refractivity contribution in [2.75, 3.05) is 19.8 Å². The van der Waals surface area contributed by atoms with Crippen LogP contribution >= 0.6 is 0 Å². The first-order valence-electron chi connectivity index (χ1n) is 7.88. The first kappa shape index (κ1) is 15.0. The number of hydrogen-bond acceptors (Lipinski definition) is 3. The van der Waals surface area contributed by atoms with E-state index in [1.165, 1.54) is 4.90 Å². The van der Waals surface area contributed by atoms with E-state index in [0.717, 1.165) is 31.4 Å². The van der Waals surface area contributed by atoms with Crippen LogP contribution in [0.1, 0.15) is 47.5 Å². The van der Waals surface area contributed by atoms with Crippen LogP contribution in [0.2, 0.25) is 0 Å². The van der Waals surface area contributed by atoms with Gasteiger partial charge >= 0.3 is 5.97 Å². The highest BCUT2D eigenvalue weighted by molar-refractivity contribution is 5.96. The predicted octanol–water partition coefficient (Wildman–Crippen LogP) is 2.27. The second kappa shape index (κ2) is 6.48. The van der Waals surface area contributed by atoms with E-state index in [2.05, 4.69) is 0 Å². The minimum atomic E-state index is -0.909. The maximum atomic E-state index is 12.7. The van der Waals surface area contributed by atoms with Crippen molar-refractivity contribution in [1.29, 1.82) is 0 Å². The Morgan fingerprint density at radius 3 is 2.82 bits per heavy atom. The molecule has 0 bridgehead atoms. The lowest BCUT2D eigenvalue weighted by molar-refractivity contribution is -0.143. The second-order valence-corrected chi connectivity index (χ2v) is 6.03. The fourth-order valence-corrected chi connectivity index (χ4v) is 3.32. The molecule has 1 N–H and O–H groups in total. The van der Waals surface area contributed by atoms with Crippen molar-refractivity contribution in [2.45, 2.75) is 37.6 Å². The monoisotopic (exact) mass is 303 g/mol. The van der Waals surface area contributed by atoms with Crippen molar-refractivity contribution >= 4 is 11.9 Å². The lowest BCUT2D eigenvalue weighted by atomic mass is 9.95. The molecule has 2 fully saturated rings. The maximum Gasteiger partial charge on any atom is 0.326 e. The zero-order chi connectivity index (χ0) is 15.5. The number of carboxylic acid groups (broad SMARTS) is 1. The Kier molecular flexibility index (Phi) is 4.43. The van der Waals surface area contributed by atoms with Gasteiger partial charge in [0, 0.05) is 24.6 Å². The summed E-state index contributed by atoms with van der Waals surface area (Å²) in [7, 11) is 0. The topological polar surface area (TPSA) is 66.8 Å². The summed E-state index contributed by atoms with van der Waals surface area (Å²) in [6.07, 6.45) is 3.24. The number of carbonyl (C=O) groups excluding carboxylic acids is 1. The number of carboxylic acids is 1. The number of amides is 1. The van der Waals surface area contributed by atoms with Crippen LogP contribution in [0.3, 0.4) is 0 Å². The third-order valence-electron chi connectivity index (χ3n) is 4.58. The molecule has 2 heterocycles. The van der Waals surface area contributed by atoms with Crippen molar-refractivity contribution < 1.29 is 19.4 Å². The molecule has 22 heavy (non-hydrogen) atoms. The van der Waals surface area contributed by atoms with E-state index in [9.17, 15) is 14.7 Å². The molecular formula is C17H21NO4. The van der Waals surface area contributed by atoms with E-state index in [-0.39, 0.29) is 5.91 Å². The zero-order valence-electron chi connectivity index (χ0n) is 12.5. The molecule has 2 aliphatic heterocycles. The van der Waals surface area contributed by atoms with Gasteiger partial charge in [-0.05, 0) is 43.4 Å². The summed E-state index contributed by atoms with van der Waals surface area (Å²) in [4.78, 5) is 25.6. The Balaban J connectivity index is 1.81. The highest BCUT2D eigenvalue weighted by Gasteiger charge is 2.32. The van der Waals surface area contributed by atoms with E-state index < -0.39 is 12.0 Å². The van der Waals surface area contributed by atoms with E-state index >= 15 is 0 Å². The average Bonchev–Trinajstić information content (AvgIpc) is 3.09. The molecule has 3 rings (SSSR count). The van der Waals surface area contributed by atoms with Crippen LogP contribution in [-0.4, -0.2) is 47.7 Å². The second-order valence-electron chi connectivity index (χ2n) is 6.03. The number of rotatable bonds is 3. The molecule has 0 aromatic heterocycles. The molecule has 5 nitrogen and oxygen atoms in total. The molecule has 0 aliphatic carbocycles. The molecule has 2 saturated heterocycles. The van der Waals surface area contributed by atoms with E-state index in [1.807, 2.05) is 18.2 Å². The third kappa shape index (κ3) is 2.99. The quantitative estimate of drug-likeness (QED) is 0.930. The van der Waals surface area contributed by atoms with Crippen molar-refractivity contribution in [3.63, 3.8) is 0 Å². The van der Waals surface area contributed by atoms with Crippen LogP contribution in [0.4, 0.5) is 0 Å². The Bertz CT molecular complexity index is 566. The van der Waals surface area contributed by atoms with Gasteiger partial charge in [0.1, 0.15) is 6.04 Å². The third-order valence-corrected chi connectivity index (χ3v) is 4.58. The van der Waals surface area contributed by atoms with Crippen molar-refractivity contribution in [1.82, 2.24) is 4.90 Å². The van der Waals surface area contributed by atoms with Gasteiger partial charge in [-0.2, -0.15) is 0 Å². The van der Waals surface area contributed by atoms with Crippen LogP contribution in [0.15, 0.2) is 24.3 Å². The van der Waals surface area contributed by atoms with Crippen LogP contribution in [0.25, 0.3) is 0 Å². The van der Waals surface area contributed by atoms with E-state index in [1.54, 1.807) is 6.07 Å². The van der Waals surface area contributed by atoms with E-state index in [4.69, 9.17) is 4.74 Å². The summed E-state index contributed by atoms with van der Waals surface area (Å²) in [5, 5.41) is 9.32. The molecule has 0 spiro atoms. The fraction of sp³-hybridized carbons (Fsp3) is 0.529. The van der Waals surface area contributed by atoms with Crippen molar-refractivity contribution in [2.24, 2.45) is 0 Å². The lowest BCUT2D eigenvalue weighted by Gasteiger charge is -2.33. The molecule has 1 aromatic carbocycles. The molecule has 0 radical (unpaired) electrons. The maximum absolute atomic E-state index is 12.7. The minimum Gasteiger partial charge on any atom is -0.480 e. The number of piperidine rings is 1. The largest absolute Gasteiger partial charge is 0.480 e. The molecule has 2 aliphatic rings. The Hall–Kier alpha value is -1.88. The van der Waals surface area contributed by atoms with Gasteiger partial charge in [-0.3, -0.25) is 4.79 Å². The summed E-state index contributed by atoms with van der Waals surface area (Å²) in [6.45, 7) is 1.97. The summed E-state index contributed by atoms with van der Waals surface area (Å²) in [5.41, 5.74) is 1.68. The van der Waals surface area contributed by atoms with Crippen LogP contribution in [-0.2, 0) is 9.53 Å². The molecular weight excluding hydrogens is 282 g/mol. The highest BCUT2D eigenvalue weighted by Crippen LogP contribution is 2.27. The lowest BCUT2D eigenvalue weighted by Crippen LogP contribution is -2.48. The number of hydrogen-bond donors (Lipinski definition) is 1. The van der Waals surface area contributed by atoms with Crippen LogP contribution in [0, 0.1) is 0 Å². The van der Waals surface area contributed by atoms with Gasteiger partial charge in [-0.1, -0.05) is 12.1 Å². The average molecular weight is 303 g/mol. The smallest absolute Gasteiger partial charge is 0.326 e. The predicted molar refractivity (Wildman–Crippen MR) is 80.9 cm³/mol. The van der Waals surface area contributed by atoms with Crippen LogP contribution in [0.5, 0.6) is 0 Å². The van der Waals surface area contributed by atoms with Gasteiger partial charge < -0.3 is 14.7 Å². The SMILES string of the molecule is O=C(O)C1CCCCN1C(=O)c1cccc(C2CCOC2)c1. The molecule has 2 unspecified atom stereocenters. The summed E-state index contributed by atoms with van der Waals surface area (Å²) >= 11 is 0. The summed E-state index contributed by atoms with van der Waals surface area (Å²) < 4.78 is 5.40. The van der Waals surface area contributed by atoms with Crippen LogP contribution < -0.4 is 0 Å². The van der Waals surface area contributed by atoms with E-state index in [0.29, 0.717) is 31.1 Å². The fourth-order valence-electron chi connectivity index (χ4n) is 3.32. The normalized spacial score (nSPS) is 25.2. The number of likely N-dealkylation sites (tertiary alicyclic amines) is 1. The number of carbonyl (C=O) groups is 2. The Morgan fingerprint density at radius 1 is 1.23 bits per heavy atom. The van der Waals surface area contributed by atoms with Crippen molar-refractivity contribution in [3.05, 3.63) is 35.4 Å². The summed E-state index contributed by atoms with van der Waals surface area (Å²) in [6, 6.07) is 6.87. The minimum absolute atomic E-state index is 0.173. The Labute approximate surface area is 129 Å². The number of nitrogens with zero attached hydrogens (tertiary/aromatic N) is 1. The van der Waals surface area contributed by atoms with Gasteiger partial charge in [0.2, 0.25) is 0 Å². The molecule has 0 saturated carbocycles. The van der Waals surface area contributed by atoms with Gasteiger partial charge in [0.05, 0.1) is 6.61 Å². The van der Waals surface area contributed by atoms with Gasteiger partial charge in [0.25, 0.3) is 5.91 Å². The van der Waals surface area contributed by atoms with Crippen molar-refractivity contribution in [3.8, 4) is 0 Å². The standard InChI is InChI=1S/C17H21NO4/c19-16(18-8-2-1-6-15(18)17(20)21)13-5-3-4-12(10-13)14-7-9-22-11-14/h3-5,10,14-15H,1-2,6-9,11H2,(H,20,21). The number of benzene rings is 1. The Morgan fingerprint density at radius 2 is 2.09 bits per heavy atom. The molecule has 2 atom stereocenters. The number of aliphatic carboxylic acids is 1. The van der Waals surface area contributed by atoms with Gasteiger partial charge in [0.15, 0.2) is 0 Å². The molecule has 118 valence electrons. The zero-order valence-corrected chi connectivity index (χ0v) is 12.5. The molecule has 1 aromatic rings. The first-order valence-corrected chi connectivity index (χ1v) is 7.88.